The minimum absolute atomic E-state index is 0.0905. The Balaban J connectivity index is 0.000000755. The molecule has 3 fully saturated rings. The molecule has 162 valence electrons. The smallest absolute Gasteiger partial charge is 0.290 e. The second-order valence-electron chi connectivity index (χ2n) is 7.54. The molecule has 1 N–H and O–H groups in total. The van der Waals surface area contributed by atoms with E-state index in [2.05, 4.69) is 4.90 Å². The van der Waals surface area contributed by atoms with E-state index in [1.807, 2.05) is 0 Å². The fourth-order valence-electron chi connectivity index (χ4n) is 4.03. The number of hydrogen-bond donors (Lipinski definition) is 1. The Kier molecular flexibility index (Phi) is 7.20. The zero-order valence-electron chi connectivity index (χ0n) is 16.0. The third-order valence-corrected chi connectivity index (χ3v) is 8.00. The third-order valence-electron chi connectivity index (χ3n) is 5.58. The Morgan fingerprint density at radius 1 is 1.10 bits per heavy atom. The normalized spacial score (nSPS) is 26.0. The van der Waals surface area contributed by atoms with E-state index in [1.165, 1.54) is 6.07 Å². The summed E-state index contributed by atoms with van der Waals surface area (Å²) in [4.78, 5) is 10.5. The molecule has 1 aromatic rings. The first kappa shape index (κ1) is 22.1. The van der Waals surface area contributed by atoms with Gasteiger partial charge in [-0.05, 0) is 43.4 Å². The maximum atomic E-state index is 13.4. The molecular formula is C19H26F2N2O5S. The van der Waals surface area contributed by atoms with Crippen LogP contribution in [0, 0.1) is 11.6 Å². The van der Waals surface area contributed by atoms with Crippen LogP contribution in [0.15, 0.2) is 18.2 Å². The molecule has 0 amide bonds. The number of sulfonamides is 1. The summed E-state index contributed by atoms with van der Waals surface area (Å²) in [6.07, 6.45) is 2.87. The summed E-state index contributed by atoms with van der Waals surface area (Å²) in [7, 11) is -3.22. The maximum absolute atomic E-state index is 13.4. The van der Waals surface area contributed by atoms with Gasteiger partial charge in [0.2, 0.25) is 10.0 Å². The van der Waals surface area contributed by atoms with Crippen LogP contribution in [0.1, 0.15) is 31.2 Å². The van der Waals surface area contributed by atoms with Gasteiger partial charge in [0.15, 0.2) is 11.6 Å². The van der Waals surface area contributed by atoms with Gasteiger partial charge < -0.3 is 9.84 Å². The molecule has 2 aliphatic heterocycles. The molecule has 2 unspecified atom stereocenters. The van der Waals surface area contributed by atoms with Gasteiger partial charge in [-0.1, -0.05) is 6.07 Å². The zero-order valence-corrected chi connectivity index (χ0v) is 16.9. The van der Waals surface area contributed by atoms with E-state index in [-0.39, 0.29) is 23.9 Å². The van der Waals surface area contributed by atoms with Gasteiger partial charge in [-0.25, -0.2) is 17.2 Å². The molecule has 29 heavy (non-hydrogen) atoms. The monoisotopic (exact) mass is 432 g/mol. The average Bonchev–Trinajstić information content (AvgIpc) is 3.53. The van der Waals surface area contributed by atoms with Gasteiger partial charge in [-0.15, -0.1) is 0 Å². The minimum atomic E-state index is -3.22. The number of ether oxygens (including phenoxy) is 1. The molecule has 0 radical (unpaired) electrons. The van der Waals surface area contributed by atoms with Crippen LogP contribution in [0.25, 0.3) is 0 Å². The van der Waals surface area contributed by atoms with E-state index in [1.54, 1.807) is 10.4 Å². The second kappa shape index (κ2) is 9.46. The number of carbonyl (C=O) groups is 1. The van der Waals surface area contributed by atoms with Crippen LogP contribution in [-0.2, 0) is 26.1 Å². The van der Waals surface area contributed by atoms with Crippen molar-refractivity contribution in [3.63, 3.8) is 0 Å². The van der Waals surface area contributed by atoms with Crippen LogP contribution >= 0.6 is 0 Å². The highest BCUT2D eigenvalue weighted by molar-refractivity contribution is 7.90. The first-order valence-corrected chi connectivity index (χ1v) is 11.2. The van der Waals surface area contributed by atoms with Crippen molar-refractivity contribution in [3.8, 4) is 0 Å². The molecule has 7 nitrogen and oxygen atoms in total. The molecule has 0 spiro atoms. The lowest BCUT2D eigenvalue weighted by atomic mass is 10.0. The number of benzene rings is 1. The highest BCUT2D eigenvalue weighted by Gasteiger charge is 2.46. The van der Waals surface area contributed by atoms with Crippen molar-refractivity contribution < 1.29 is 31.8 Å². The van der Waals surface area contributed by atoms with Crippen LogP contribution < -0.4 is 0 Å². The summed E-state index contributed by atoms with van der Waals surface area (Å²) in [6.45, 7) is 2.60. The Bertz CT molecular complexity index is 819. The van der Waals surface area contributed by atoms with Gasteiger partial charge in [-0.3, -0.25) is 9.69 Å². The van der Waals surface area contributed by atoms with Crippen LogP contribution in [0.5, 0.6) is 0 Å². The fraction of sp³-hybridized carbons (Fsp3) is 0.632. The van der Waals surface area contributed by atoms with E-state index < -0.39 is 21.7 Å². The second-order valence-corrected chi connectivity index (χ2v) is 9.70. The largest absolute Gasteiger partial charge is 0.483 e. The number of likely N-dealkylation sites (tertiary alicyclic amines) is 1. The van der Waals surface area contributed by atoms with Crippen LogP contribution in [-0.4, -0.2) is 72.8 Å². The highest BCUT2D eigenvalue weighted by atomic mass is 32.2. The van der Waals surface area contributed by atoms with Crippen molar-refractivity contribution in [1.82, 2.24) is 9.21 Å². The predicted molar refractivity (Wildman–Crippen MR) is 102 cm³/mol. The Morgan fingerprint density at radius 3 is 2.45 bits per heavy atom. The summed E-state index contributed by atoms with van der Waals surface area (Å²) in [5, 5.41) is 6.68. The summed E-state index contributed by atoms with van der Waals surface area (Å²) in [5.74, 6) is -1.68. The summed E-state index contributed by atoms with van der Waals surface area (Å²) in [6, 6.07) is 3.85. The number of nitrogens with zero attached hydrogens (tertiary/aromatic N) is 2. The number of fused-ring (bicyclic) bond motifs is 1. The SMILES string of the molecule is O=CO.O=S(=O)(C1CC1)N1CCOC2CCN(Cc3ccc(F)c(F)c3)CCC21. The van der Waals surface area contributed by atoms with Crippen molar-refractivity contribution in [2.75, 3.05) is 26.2 Å². The van der Waals surface area contributed by atoms with Gasteiger partial charge in [0.05, 0.1) is 24.0 Å². The number of morpholine rings is 1. The summed E-state index contributed by atoms with van der Waals surface area (Å²) >= 11 is 0. The van der Waals surface area contributed by atoms with Crippen molar-refractivity contribution in [2.24, 2.45) is 0 Å². The highest BCUT2D eigenvalue weighted by Crippen LogP contribution is 2.35. The van der Waals surface area contributed by atoms with E-state index in [0.29, 0.717) is 32.7 Å². The summed E-state index contributed by atoms with van der Waals surface area (Å²) in [5.41, 5.74) is 0.720. The predicted octanol–water partition coefficient (Wildman–Crippen LogP) is 1.82. The van der Waals surface area contributed by atoms with E-state index in [9.17, 15) is 17.2 Å². The van der Waals surface area contributed by atoms with Gasteiger partial charge in [0.25, 0.3) is 6.47 Å². The molecule has 10 heteroatoms. The number of hydrogen-bond acceptors (Lipinski definition) is 5. The molecule has 1 aliphatic carbocycles. The molecule has 4 rings (SSSR count). The maximum Gasteiger partial charge on any atom is 0.290 e. The minimum Gasteiger partial charge on any atom is -0.483 e. The molecular weight excluding hydrogens is 406 g/mol. The third kappa shape index (κ3) is 5.30. The van der Waals surface area contributed by atoms with E-state index in [0.717, 1.165) is 37.4 Å². The fourth-order valence-corrected chi connectivity index (χ4v) is 6.09. The molecule has 2 saturated heterocycles. The van der Waals surface area contributed by atoms with Gasteiger partial charge >= 0.3 is 0 Å². The molecule has 1 aromatic carbocycles. The molecule has 2 atom stereocenters. The molecule has 3 aliphatic rings. The molecule has 2 heterocycles. The molecule has 0 aromatic heterocycles. The van der Waals surface area contributed by atoms with E-state index in [4.69, 9.17) is 14.6 Å². The lowest BCUT2D eigenvalue weighted by Gasteiger charge is -2.39. The lowest BCUT2D eigenvalue weighted by Crippen LogP contribution is -2.54. The molecule has 1 saturated carbocycles. The quantitative estimate of drug-likeness (QED) is 0.731. The Hall–Kier alpha value is -1.62. The standard InChI is InChI=1S/C18H24F2N2O3S.CH2O2/c19-15-4-1-13(11-16(15)20)12-21-7-5-17-18(6-8-21)25-10-9-22(17)26(23,24)14-2-3-14;2-1-3/h1,4,11,14,17-18H,2-3,5-10,12H2;1H,(H,2,3). The number of halogens is 2. The first-order chi connectivity index (χ1) is 13.9. The van der Waals surface area contributed by atoms with Crippen molar-refractivity contribution >= 4 is 16.5 Å². The van der Waals surface area contributed by atoms with Crippen LogP contribution in [0.3, 0.4) is 0 Å². The topological polar surface area (TPSA) is 87.1 Å². The first-order valence-electron chi connectivity index (χ1n) is 9.73. The van der Waals surface area contributed by atoms with Crippen molar-refractivity contribution in [3.05, 3.63) is 35.4 Å². The zero-order chi connectivity index (χ0) is 21.0. The Morgan fingerprint density at radius 2 is 1.79 bits per heavy atom. The molecule has 0 bridgehead atoms. The number of carboxylic acid groups (broad SMARTS) is 1. The summed E-state index contributed by atoms with van der Waals surface area (Å²) < 4.78 is 59.6. The van der Waals surface area contributed by atoms with Gasteiger partial charge in [0.1, 0.15) is 0 Å². The van der Waals surface area contributed by atoms with E-state index >= 15 is 0 Å². The van der Waals surface area contributed by atoms with Crippen molar-refractivity contribution in [2.45, 2.75) is 49.6 Å². The average molecular weight is 432 g/mol. The van der Waals surface area contributed by atoms with Crippen molar-refractivity contribution in [1.29, 1.82) is 0 Å². The lowest BCUT2D eigenvalue weighted by molar-refractivity contribution is -0.122. The Labute approximate surface area is 169 Å². The van der Waals surface area contributed by atoms with Crippen LogP contribution in [0.4, 0.5) is 8.78 Å². The van der Waals surface area contributed by atoms with Gasteiger partial charge in [-0.2, -0.15) is 4.31 Å². The van der Waals surface area contributed by atoms with Crippen LogP contribution in [0.2, 0.25) is 0 Å². The van der Waals surface area contributed by atoms with Gasteiger partial charge in [0, 0.05) is 26.2 Å². The number of rotatable bonds is 4.